The molecule has 0 aliphatic rings. The summed E-state index contributed by atoms with van der Waals surface area (Å²) >= 11 is 12.2. The number of benzene rings is 2. The zero-order valence-corrected chi connectivity index (χ0v) is 15.3. The molecule has 2 heterocycles. The second kappa shape index (κ2) is 6.05. The number of fused-ring (bicyclic) bond motifs is 2. The van der Waals surface area contributed by atoms with E-state index in [9.17, 15) is 13.2 Å². The van der Waals surface area contributed by atoms with Gasteiger partial charge < -0.3 is 9.97 Å². The monoisotopic (exact) mass is 407 g/mol. The first-order valence-electron chi connectivity index (χ1n) is 7.46. The first kappa shape index (κ1) is 17.0. The average molecular weight is 408 g/mol. The highest BCUT2D eigenvalue weighted by molar-refractivity contribution is 7.92. The van der Waals surface area contributed by atoms with E-state index >= 15 is 0 Å². The van der Waals surface area contributed by atoms with E-state index in [1.54, 1.807) is 30.5 Å². The van der Waals surface area contributed by atoms with Crippen molar-refractivity contribution in [2.45, 2.75) is 4.90 Å². The molecule has 6 nitrogen and oxygen atoms in total. The zero-order valence-electron chi connectivity index (χ0n) is 13.0. The van der Waals surface area contributed by atoms with Gasteiger partial charge in [-0.05, 0) is 41.8 Å². The molecule has 0 radical (unpaired) electrons. The number of sulfonamides is 1. The van der Waals surface area contributed by atoms with Gasteiger partial charge in [0.2, 0.25) is 5.56 Å². The minimum absolute atomic E-state index is 0.0674. The Hall–Kier alpha value is -2.48. The normalized spacial score (nSPS) is 11.9. The Balaban J connectivity index is 1.80. The summed E-state index contributed by atoms with van der Waals surface area (Å²) in [7, 11) is -3.86. The minimum Gasteiger partial charge on any atom is -0.358 e. The van der Waals surface area contributed by atoms with Gasteiger partial charge in [0.15, 0.2) is 0 Å². The number of pyridine rings is 1. The number of halogens is 2. The fraction of sp³-hybridized carbons (Fsp3) is 0. The van der Waals surface area contributed by atoms with Crippen LogP contribution in [0.3, 0.4) is 0 Å². The van der Waals surface area contributed by atoms with Gasteiger partial charge in [0, 0.05) is 23.2 Å². The third kappa shape index (κ3) is 2.84. The number of hydrogen-bond donors (Lipinski definition) is 3. The van der Waals surface area contributed by atoms with Crippen LogP contribution in [0.15, 0.2) is 58.4 Å². The molecule has 0 aliphatic heterocycles. The second-order valence-corrected chi connectivity index (χ2v) is 8.16. The molecule has 3 N–H and O–H groups in total. The number of rotatable bonds is 3. The molecule has 4 rings (SSSR count). The fourth-order valence-corrected chi connectivity index (χ4v) is 4.42. The van der Waals surface area contributed by atoms with E-state index in [2.05, 4.69) is 14.7 Å². The smallest absolute Gasteiger partial charge is 0.261 e. The summed E-state index contributed by atoms with van der Waals surface area (Å²) in [5, 5.41) is 1.98. The minimum atomic E-state index is -3.86. The van der Waals surface area contributed by atoms with Gasteiger partial charge in [0.25, 0.3) is 10.0 Å². The Morgan fingerprint density at radius 1 is 0.962 bits per heavy atom. The Kier molecular flexibility index (Phi) is 3.95. The summed E-state index contributed by atoms with van der Waals surface area (Å²) in [6.45, 7) is 0. The van der Waals surface area contributed by atoms with Crippen LogP contribution in [-0.2, 0) is 10.0 Å². The summed E-state index contributed by atoms with van der Waals surface area (Å²) in [6.07, 6.45) is 1.54. The third-order valence-corrected chi connectivity index (χ3v) is 5.96. The quantitative estimate of drug-likeness (QED) is 0.476. The lowest BCUT2D eigenvalue weighted by molar-refractivity contribution is 0.601. The molecule has 132 valence electrons. The molecule has 0 aliphatic carbocycles. The maximum absolute atomic E-state index is 12.8. The Labute approximate surface area is 157 Å². The number of aromatic amines is 2. The van der Waals surface area contributed by atoms with Crippen molar-refractivity contribution in [3.05, 3.63) is 69.1 Å². The Morgan fingerprint density at radius 3 is 2.58 bits per heavy atom. The summed E-state index contributed by atoms with van der Waals surface area (Å²) < 4.78 is 28.1. The first-order chi connectivity index (χ1) is 12.3. The van der Waals surface area contributed by atoms with E-state index < -0.39 is 10.0 Å². The Bertz CT molecular complexity index is 1330. The summed E-state index contributed by atoms with van der Waals surface area (Å²) in [5.41, 5.74) is 1.13. The molecule has 9 heteroatoms. The SMILES string of the molecule is O=c1ccc2cc(S(=O)(=O)Nc3ccc(Cl)c4c(Cl)c[nH]c34)ccc2[nH]1. The van der Waals surface area contributed by atoms with Crippen LogP contribution in [0.2, 0.25) is 10.0 Å². The van der Waals surface area contributed by atoms with Crippen LogP contribution >= 0.6 is 23.2 Å². The van der Waals surface area contributed by atoms with Crippen LogP contribution in [-0.4, -0.2) is 18.4 Å². The van der Waals surface area contributed by atoms with Crippen LogP contribution in [0.4, 0.5) is 5.69 Å². The molecule has 0 bridgehead atoms. The van der Waals surface area contributed by atoms with Crippen molar-refractivity contribution in [3.63, 3.8) is 0 Å². The van der Waals surface area contributed by atoms with Crippen LogP contribution in [0.5, 0.6) is 0 Å². The predicted molar refractivity (Wildman–Crippen MR) is 104 cm³/mol. The van der Waals surface area contributed by atoms with E-state index in [4.69, 9.17) is 23.2 Å². The summed E-state index contributed by atoms with van der Waals surface area (Å²) in [6, 6.07) is 10.5. The molecule has 2 aromatic heterocycles. The van der Waals surface area contributed by atoms with Crippen LogP contribution in [0, 0.1) is 0 Å². The molecule has 0 spiro atoms. The van der Waals surface area contributed by atoms with Gasteiger partial charge >= 0.3 is 0 Å². The topological polar surface area (TPSA) is 94.8 Å². The van der Waals surface area contributed by atoms with Crippen LogP contribution in [0.25, 0.3) is 21.8 Å². The lowest BCUT2D eigenvalue weighted by atomic mass is 10.2. The third-order valence-electron chi connectivity index (χ3n) is 3.99. The molecular formula is C17H11Cl2N3O3S. The van der Waals surface area contributed by atoms with E-state index in [1.807, 2.05) is 0 Å². The zero-order chi connectivity index (χ0) is 18.5. The fourth-order valence-electron chi connectivity index (χ4n) is 2.76. The van der Waals surface area contributed by atoms with Gasteiger partial charge in [-0.3, -0.25) is 9.52 Å². The second-order valence-electron chi connectivity index (χ2n) is 5.66. The van der Waals surface area contributed by atoms with Gasteiger partial charge in [-0.1, -0.05) is 23.2 Å². The highest BCUT2D eigenvalue weighted by Crippen LogP contribution is 2.35. The van der Waals surface area contributed by atoms with Gasteiger partial charge in [-0.2, -0.15) is 0 Å². The highest BCUT2D eigenvalue weighted by atomic mass is 35.5. The lowest BCUT2D eigenvalue weighted by Gasteiger charge is -2.10. The largest absolute Gasteiger partial charge is 0.358 e. The number of anilines is 1. The van der Waals surface area contributed by atoms with Crippen molar-refractivity contribution in [2.24, 2.45) is 0 Å². The summed E-state index contributed by atoms with van der Waals surface area (Å²) in [4.78, 5) is 17.0. The van der Waals surface area contributed by atoms with E-state index in [0.29, 0.717) is 37.5 Å². The van der Waals surface area contributed by atoms with Crippen LogP contribution < -0.4 is 10.3 Å². The van der Waals surface area contributed by atoms with E-state index in [1.165, 1.54) is 18.2 Å². The molecule has 0 saturated heterocycles. The van der Waals surface area contributed by atoms with E-state index in [-0.39, 0.29) is 10.5 Å². The van der Waals surface area contributed by atoms with Gasteiger partial charge in [0.05, 0.1) is 26.1 Å². The molecule has 4 aromatic rings. The summed E-state index contributed by atoms with van der Waals surface area (Å²) in [5.74, 6) is 0. The molecule has 0 saturated carbocycles. The number of hydrogen-bond acceptors (Lipinski definition) is 3. The van der Waals surface area contributed by atoms with Crippen molar-refractivity contribution >= 4 is 60.7 Å². The molecule has 26 heavy (non-hydrogen) atoms. The van der Waals surface area contributed by atoms with Crippen molar-refractivity contribution in [1.82, 2.24) is 9.97 Å². The molecular weight excluding hydrogens is 397 g/mol. The molecule has 0 unspecified atom stereocenters. The standard InChI is InChI=1S/C17H11Cl2N3O3S/c18-11-3-5-14(17-16(11)12(19)8-20-17)22-26(24,25)10-2-4-13-9(7-10)1-6-15(23)21-13/h1-8,20,22H,(H,21,23). The van der Waals surface area contributed by atoms with Crippen molar-refractivity contribution in [1.29, 1.82) is 0 Å². The lowest BCUT2D eigenvalue weighted by Crippen LogP contribution is -2.13. The van der Waals surface area contributed by atoms with Crippen LogP contribution in [0.1, 0.15) is 0 Å². The molecule has 2 aromatic carbocycles. The highest BCUT2D eigenvalue weighted by Gasteiger charge is 2.18. The number of nitrogens with one attached hydrogen (secondary N) is 3. The van der Waals surface area contributed by atoms with Gasteiger partial charge in [-0.25, -0.2) is 8.42 Å². The van der Waals surface area contributed by atoms with Crippen molar-refractivity contribution in [3.8, 4) is 0 Å². The predicted octanol–water partition coefficient (Wildman–Crippen LogP) is 4.12. The van der Waals surface area contributed by atoms with Gasteiger partial charge in [-0.15, -0.1) is 0 Å². The molecule has 0 atom stereocenters. The van der Waals surface area contributed by atoms with Gasteiger partial charge in [0.1, 0.15) is 0 Å². The first-order valence-corrected chi connectivity index (χ1v) is 9.70. The number of H-pyrrole nitrogens is 2. The Morgan fingerprint density at radius 2 is 1.77 bits per heavy atom. The molecule has 0 fully saturated rings. The molecule has 0 amide bonds. The number of aromatic nitrogens is 2. The maximum atomic E-state index is 12.8. The maximum Gasteiger partial charge on any atom is 0.261 e. The van der Waals surface area contributed by atoms with Crippen molar-refractivity contribution in [2.75, 3.05) is 4.72 Å². The van der Waals surface area contributed by atoms with Crippen molar-refractivity contribution < 1.29 is 8.42 Å². The average Bonchev–Trinajstić information content (AvgIpc) is 3.00. The van der Waals surface area contributed by atoms with E-state index in [0.717, 1.165) is 0 Å².